The average molecular weight is 503 g/mol. The van der Waals surface area contributed by atoms with E-state index in [1.807, 2.05) is 30.3 Å². The lowest BCUT2D eigenvalue weighted by atomic mass is 10.0. The fourth-order valence-corrected chi connectivity index (χ4v) is 3.48. The largest absolute Gasteiger partial charge is 0.480 e. The molecule has 10 nitrogen and oxygen atoms in total. The van der Waals surface area contributed by atoms with Gasteiger partial charge in [0.05, 0.1) is 12.6 Å². The summed E-state index contributed by atoms with van der Waals surface area (Å²) >= 11 is 4.14. The van der Waals surface area contributed by atoms with Crippen LogP contribution in [-0.4, -0.2) is 70.4 Å². The summed E-state index contributed by atoms with van der Waals surface area (Å²) in [6.45, 7) is -0.818. The molecule has 2 rings (SSSR count). The van der Waals surface area contributed by atoms with E-state index in [0.717, 1.165) is 5.56 Å². The second kappa shape index (κ2) is 14.1. The van der Waals surface area contributed by atoms with Crippen molar-refractivity contribution in [1.29, 1.82) is 0 Å². The number of nitrogens with one attached hydrogen (secondary N) is 3. The van der Waals surface area contributed by atoms with Crippen molar-refractivity contribution in [2.45, 2.75) is 37.0 Å². The minimum atomic E-state index is -1.53. The normalized spacial score (nSPS) is 14.1. The summed E-state index contributed by atoms with van der Waals surface area (Å²) in [7, 11) is 0. The predicted molar refractivity (Wildman–Crippen MR) is 133 cm³/mol. The minimum Gasteiger partial charge on any atom is -0.480 e. The molecule has 0 spiro atoms. The summed E-state index contributed by atoms with van der Waals surface area (Å²) in [5, 5.41) is 25.7. The Balaban J connectivity index is 2.09. The van der Waals surface area contributed by atoms with Crippen molar-refractivity contribution in [3.63, 3.8) is 0 Å². The maximum atomic E-state index is 12.9. The van der Waals surface area contributed by atoms with Crippen molar-refractivity contribution >= 4 is 36.3 Å². The van der Waals surface area contributed by atoms with Crippen LogP contribution in [0.1, 0.15) is 11.1 Å². The first-order valence-corrected chi connectivity index (χ1v) is 11.6. The van der Waals surface area contributed by atoms with Crippen LogP contribution in [0.4, 0.5) is 0 Å². The summed E-state index contributed by atoms with van der Waals surface area (Å²) < 4.78 is 0. The average Bonchev–Trinajstić information content (AvgIpc) is 2.85. The number of nitrogens with two attached hydrogens (primary N) is 1. The van der Waals surface area contributed by atoms with Crippen LogP contribution in [0.2, 0.25) is 0 Å². The monoisotopic (exact) mass is 502 g/mol. The molecule has 0 bridgehead atoms. The van der Waals surface area contributed by atoms with Gasteiger partial charge in [0, 0.05) is 12.2 Å². The number of carbonyl (C=O) groups is 4. The van der Waals surface area contributed by atoms with Gasteiger partial charge in [-0.1, -0.05) is 60.7 Å². The molecule has 0 aliphatic heterocycles. The first-order chi connectivity index (χ1) is 16.7. The van der Waals surface area contributed by atoms with Gasteiger partial charge >= 0.3 is 5.97 Å². The van der Waals surface area contributed by atoms with Crippen molar-refractivity contribution in [1.82, 2.24) is 16.0 Å². The highest BCUT2D eigenvalue weighted by Crippen LogP contribution is 2.06. The molecule has 0 aliphatic rings. The van der Waals surface area contributed by atoms with Gasteiger partial charge in [-0.25, -0.2) is 4.79 Å². The molecular weight excluding hydrogens is 472 g/mol. The number of aliphatic hydroxyl groups excluding tert-OH is 1. The molecule has 0 saturated heterocycles. The molecule has 4 atom stereocenters. The zero-order chi connectivity index (χ0) is 25.8. The number of carbonyl (C=O) groups excluding carboxylic acids is 3. The van der Waals surface area contributed by atoms with Gasteiger partial charge in [0.2, 0.25) is 17.7 Å². The van der Waals surface area contributed by atoms with E-state index in [0.29, 0.717) is 5.56 Å². The maximum absolute atomic E-state index is 12.9. The van der Waals surface area contributed by atoms with Crippen molar-refractivity contribution in [3.8, 4) is 0 Å². The Morgan fingerprint density at radius 1 is 0.743 bits per heavy atom. The van der Waals surface area contributed by atoms with E-state index in [2.05, 4.69) is 28.6 Å². The fraction of sp³-hybridized carbons (Fsp3) is 0.333. The van der Waals surface area contributed by atoms with Crippen LogP contribution in [0.15, 0.2) is 60.7 Å². The van der Waals surface area contributed by atoms with E-state index < -0.39 is 54.5 Å². The highest BCUT2D eigenvalue weighted by atomic mass is 32.1. The molecule has 0 aromatic heterocycles. The number of carboxylic acids is 1. The van der Waals surface area contributed by atoms with E-state index in [1.54, 1.807) is 30.3 Å². The molecule has 3 amide bonds. The standard InChI is InChI=1S/C24H30N4O6S/c25-17(11-15-7-3-1-4-8-15)21(30)28-20(14-35)23(32)26-18(12-16-9-5-2-6-10-16)22(31)27-19(13-29)24(33)34/h1-10,17-20,29,35H,11-14,25H2,(H,26,32)(H,27,31)(H,28,30)(H,33,34). The Labute approximate surface area is 208 Å². The number of aliphatic carboxylic acids is 1. The van der Waals surface area contributed by atoms with E-state index in [-0.39, 0.29) is 18.6 Å². The van der Waals surface area contributed by atoms with Crippen LogP contribution >= 0.6 is 12.6 Å². The predicted octanol–water partition coefficient (Wildman–Crippen LogP) is -0.740. The van der Waals surface area contributed by atoms with Gasteiger partial charge in [0.1, 0.15) is 18.1 Å². The number of benzene rings is 2. The number of rotatable bonds is 13. The van der Waals surface area contributed by atoms with Gasteiger partial charge in [0.25, 0.3) is 0 Å². The van der Waals surface area contributed by atoms with Gasteiger partial charge < -0.3 is 31.9 Å². The quantitative estimate of drug-likeness (QED) is 0.177. The Kier molecular flexibility index (Phi) is 11.2. The molecule has 188 valence electrons. The number of carboxylic acid groups (broad SMARTS) is 1. The van der Waals surface area contributed by atoms with Crippen molar-refractivity contribution in [3.05, 3.63) is 71.8 Å². The molecule has 2 aromatic rings. The topological polar surface area (TPSA) is 171 Å². The fourth-order valence-electron chi connectivity index (χ4n) is 3.22. The van der Waals surface area contributed by atoms with Crippen molar-refractivity contribution in [2.24, 2.45) is 5.73 Å². The molecule has 0 radical (unpaired) electrons. The lowest BCUT2D eigenvalue weighted by Crippen LogP contribution is -2.58. The Morgan fingerprint density at radius 2 is 1.20 bits per heavy atom. The molecule has 0 aliphatic carbocycles. The molecular formula is C24H30N4O6S. The van der Waals surface area contributed by atoms with Crippen molar-refractivity contribution < 1.29 is 29.4 Å². The van der Waals surface area contributed by atoms with Gasteiger partial charge in [-0.3, -0.25) is 14.4 Å². The van der Waals surface area contributed by atoms with E-state index in [4.69, 9.17) is 10.8 Å². The van der Waals surface area contributed by atoms with E-state index >= 15 is 0 Å². The molecule has 0 saturated carbocycles. The summed E-state index contributed by atoms with van der Waals surface area (Å²) in [5.74, 6) is -3.53. The third-order valence-electron chi connectivity index (χ3n) is 5.16. The molecule has 0 fully saturated rings. The van der Waals surface area contributed by atoms with Crippen LogP contribution in [0.3, 0.4) is 0 Å². The third kappa shape index (κ3) is 9.04. The first-order valence-electron chi connectivity index (χ1n) is 10.9. The van der Waals surface area contributed by atoms with Crippen LogP contribution < -0.4 is 21.7 Å². The highest BCUT2D eigenvalue weighted by molar-refractivity contribution is 7.80. The number of hydrogen-bond donors (Lipinski definition) is 7. The molecule has 0 heterocycles. The van der Waals surface area contributed by atoms with Gasteiger partial charge in [0.15, 0.2) is 0 Å². The van der Waals surface area contributed by atoms with Gasteiger partial charge in [-0.2, -0.15) is 12.6 Å². The third-order valence-corrected chi connectivity index (χ3v) is 5.53. The van der Waals surface area contributed by atoms with E-state index in [1.165, 1.54) is 0 Å². The van der Waals surface area contributed by atoms with Crippen molar-refractivity contribution in [2.75, 3.05) is 12.4 Å². The Hall–Kier alpha value is -3.41. The van der Waals surface area contributed by atoms with Gasteiger partial charge in [-0.15, -0.1) is 0 Å². The second-order valence-corrected chi connectivity index (χ2v) is 8.24. The van der Waals surface area contributed by atoms with Crippen LogP contribution in [0.5, 0.6) is 0 Å². The van der Waals surface area contributed by atoms with Gasteiger partial charge in [-0.05, 0) is 17.5 Å². The Bertz CT molecular complexity index is 992. The Morgan fingerprint density at radius 3 is 1.69 bits per heavy atom. The number of thiol groups is 1. The zero-order valence-electron chi connectivity index (χ0n) is 19.0. The molecule has 35 heavy (non-hydrogen) atoms. The number of hydrogen-bond acceptors (Lipinski definition) is 7. The van der Waals surface area contributed by atoms with Crippen LogP contribution in [-0.2, 0) is 32.0 Å². The zero-order valence-corrected chi connectivity index (χ0v) is 19.9. The summed E-state index contributed by atoms with van der Waals surface area (Å²) in [6.07, 6.45) is 0.321. The number of aliphatic hydroxyl groups is 1. The molecule has 2 aromatic carbocycles. The first kappa shape index (κ1) is 27.8. The van der Waals surface area contributed by atoms with E-state index in [9.17, 15) is 24.3 Å². The second-order valence-electron chi connectivity index (χ2n) is 7.87. The van der Waals surface area contributed by atoms with Crippen LogP contribution in [0.25, 0.3) is 0 Å². The molecule has 4 unspecified atom stereocenters. The minimum absolute atomic E-state index is 0.0525. The smallest absolute Gasteiger partial charge is 0.328 e. The summed E-state index contributed by atoms with van der Waals surface area (Å²) in [5.41, 5.74) is 7.56. The summed E-state index contributed by atoms with van der Waals surface area (Å²) in [6, 6.07) is 13.2. The summed E-state index contributed by atoms with van der Waals surface area (Å²) in [4.78, 5) is 49.5. The van der Waals surface area contributed by atoms with Crippen LogP contribution in [0, 0.1) is 0 Å². The molecule has 11 heteroatoms. The highest BCUT2D eigenvalue weighted by Gasteiger charge is 2.30. The SMILES string of the molecule is NC(Cc1ccccc1)C(=O)NC(CS)C(=O)NC(Cc1ccccc1)C(=O)NC(CO)C(=O)O. The number of amides is 3. The molecule has 7 N–H and O–H groups in total. The lowest BCUT2D eigenvalue weighted by molar-refractivity contribution is -0.143. The maximum Gasteiger partial charge on any atom is 0.328 e. The lowest BCUT2D eigenvalue weighted by Gasteiger charge is -2.24.